The third-order valence-corrected chi connectivity index (χ3v) is 4.47. The molecule has 2 aromatic rings. The zero-order chi connectivity index (χ0) is 15.6. The van der Waals surface area contributed by atoms with Crippen LogP contribution in [0.15, 0.2) is 41.1 Å². The summed E-state index contributed by atoms with van der Waals surface area (Å²) in [5.74, 6) is -0.703. The number of anilines is 1. The van der Waals surface area contributed by atoms with E-state index in [1.54, 1.807) is 35.3 Å². The largest absolute Gasteiger partial charge is 0.321 e. The molecule has 1 aromatic carbocycles. The van der Waals surface area contributed by atoms with Gasteiger partial charge in [-0.25, -0.2) is 4.39 Å². The van der Waals surface area contributed by atoms with Crippen molar-refractivity contribution in [3.63, 3.8) is 0 Å². The molecule has 5 nitrogen and oxygen atoms in total. The van der Waals surface area contributed by atoms with Crippen LogP contribution < -0.4 is 10.6 Å². The SMILES string of the molecule is O=C(Nc1ccc(Br)cc1F)C1(n2cccn2)CCNCC1. The van der Waals surface area contributed by atoms with Gasteiger partial charge in [-0.1, -0.05) is 15.9 Å². The van der Waals surface area contributed by atoms with Crippen molar-refractivity contribution in [1.29, 1.82) is 0 Å². The summed E-state index contributed by atoms with van der Waals surface area (Å²) in [6, 6.07) is 6.37. The van der Waals surface area contributed by atoms with Crippen LogP contribution in [0.3, 0.4) is 0 Å². The molecule has 0 unspecified atom stereocenters. The lowest BCUT2D eigenvalue weighted by molar-refractivity contribution is -0.126. The number of carbonyl (C=O) groups is 1. The number of halogens is 2. The number of nitrogens with zero attached hydrogens (tertiary/aromatic N) is 2. The van der Waals surface area contributed by atoms with Gasteiger partial charge in [0, 0.05) is 16.9 Å². The molecular formula is C15H16BrFN4O. The topological polar surface area (TPSA) is 59.0 Å². The van der Waals surface area contributed by atoms with E-state index < -0.39 is 11.4 Å². The summed E-state index contributed by atoms with van der Waals surface area (Å²) in [5.41, 5.74) is -0.605. The van der Waals surface area contributed by atoms with E-state index in [1.807, 2.05) is 0 Å². The van der Waals surface area contributed by atoms with Crippen molar-refractivity contribution in [2.75, 3.05) is 18.4 Å². The summed E-state index contributed by atoms with van der Waals surface area (Å²) in [4.78, 5) is 12.8. The molecule has 0 radical (unpaired) electrons. The summed E-state index contributed by atoms with van der Waals surface area (Å²) >= 11 is 3.21. The molecule has 2 N–H and O–H groups in total. The number of amides is 1. The maximum Gasteiger partial charge on any atom is 0.252 e. The fourth-order valence-corrected chi connectivity index (χ4v) is 3.09. The Labute approximate surface area is 136 Å². The number of carbonyl (C=O) groups excluding carboxylic acids is 1. The number of piperidine rings is 1. The quantitative estimate of drug-likeness (QED) is 0.877. The van der Waals surface area contributed by atoms with E-state index in [9.17, 15) is 9.18 Å². The molecule has 1 amide bonds. The Kier molecular flexibility index (Phi) is 4.26. The van der Waals surface area contributed by atoms with E-state index in [-0.39, 0.29) is 11.6 Å². The minimum atomic E-state index is -0.783. The number of nitrogens with one attached hydrogen (secondary N) is 2. The van der Waals surface area contributed by atoms with Crippen molar-refractivity contribution in [3.05, 3.63) is 46.9 Å². The maximum atomic E-state index is 14.0. The van der Waals surface area contributed by atoms with Crippen molar-refractivity contribution < 1.29 is 9.18 Å². The Bertz CT molecular complexity index is 668. The van der Waals surface area contributed by atoms with Gasteiger partial charge in [0.15, 0.2) is 0 Å². The van der Waals surface area contributed by atoms with E-state index in [0.29, 0.717) is 17.3 Å². The average Bonchev–Trinajstić information content (AvgIpc) is 3.05. The van der Waals surface area contributed by atoms with Crippen LogP contribution in [0.25, 0.3) is 0 Å². The predicted octanol–water partition coefficient (Wildman–Crippen LogP) is 2.50. The zero-order valence-electron chi connectivity index (χ0n) is 11.9. The lowest BCUT2D eigenvalue weighted by Crippen LogP contribution is -2.52. The van der Waals surface area contributed by atoms with Crippen LogP contribution in [-0.4, -0.2) is 28.8 Å². The van der Waals surface area contributed by atoms with Crippen LogP contribution in [0.1, 0.15) is 12.8 Å². The molecule has 1 aromatic heterocycles. The van der Waals surface area contributed by atoms with Gasteiger partial charge in [0.2, 0.25) is 0 Å². The van der Waals surface area contributed by atoms with Crippen molar-refractivity contribution in [1.82, 2.24) is 15.1 Å². The Balaban J connectivity index is 1.90. The first kappa shape index (κ1) is 15.2. The van der Waals surface area contributed by atoms with Gasteiger partial charge in [-0.15, -0.1) is 0 Å². The number of hydrogen-bond acceptors (Lipinski definition) is 3. The molecule has 22 heavy (non-hydrogen) atoms. The minimum absolute atomic E-state index is 0.179. The van der Waals surface area contributed by atoms with Gasteiger partial charge in [-0.2, -0.15) is 5.10 Å². The molecule has 0 aliphatic carbocycles. The zero-order valence-corrected chi connectivity index (χ0v) is 13.4. The third-order valence-electron chi connectivity index (χ3n) is 3.98. The van der Waals surface area contributed by atoms with Gasteiger partial charge >= 0.3 is 0 Å². The van der Waals surface area contributed by atoms with Crippen molar-refractivity contribution in [2.24, 2.45) is 0 Å². The lowest BCUT2D eigenvalue weighted by atomic mass is 9.87. The fraction of sp³-hybridized carbons (Fsp3) is 0.333. The smallest absolute Gasteiger partial charge is 0.252 e. The van der Waals surface area contributed by atoms with Crippen LogP contribution in [-0.2, 0) is 10.3 Å². The minimum Gasteiger partial charge on any atom is -0.321 e. The van der Waals surface area contributed by atoms with Gasteiger partial charge in [-0.05, 0) is 50.2 Å². The second-order valence-electron chi connectivity index (χ2n) is 5.31. The highest BCUT2D eigenvalue weighted by Gasteiger charge is 2.42. The summed E-state index contributed by atoms with van der Waals surface area (Å²) < 4.78 is 16.3. The van der Waals surface area contributed by atoms with Gasteiger partial charge in [0.1, 0.15) is 11.4 Å². The summed E-state index contributed by atoms with van der Waals surface area (Å²) in [6.07, 6.45) is 4.65. The molecule has 7 heteroatoms. The van der Waals surface area contributed by atoms with E-state index in [4.69, 9.17) is 0 Å². The first-order valence-electron chi connectivity index (χ1n) is 7.09. The molecular weight excluding hydrogens is 351 g/mol. The second kappa shape index (κ2) is 6.18. The first-order chi connectivity index (χ1) is 10.6. The van der Waals surface area contributed by atoms with Gasteiger partial charge < -0.3 is 10.6 Å². The first-order valence-corrected chi connectivity index (χ1v) is 7.88. The highest BCUT2D eigenvalue weighted by atomic mass is 79.9. The van der Waals surface area contributed by atoms with Crippen LogP contribution in [0.4, 0.5) is 10.1 Å². The highest BCUT2D eigenvalue weighted by Crippen LogP contribution is 2.29. The van der Waals surface area contributed by atoms with Gasteiger partial charge in [0.25, 0.3) is 5.91 Å². The summed E-state index contributed by atoms with van der Waals surface area (Å²) in [7, 11) is 0. The summed E-state index contributed by atoms with van der Waals surface area (Å²) in [5, 5.41) is 10.2. The average molecular weight is 367 g/mol. The second-order valence-corrected chi connectivity index (χ2v) is 6.23. The lowest BCUT2D eigenvalue weighted by Gasteiger charge is -2.36. The van der Waals surface area contributed by atoms with Crippen LogP contribution >= 0.6 is 15.9 Å². The molecule has 1 aliphatic heterocycles. The number of hydrogen-bond donors (Lipinski definition) is 2. The monoisotopic (exact) mass is 366 g/mol. The van der Waals surface area contributed by atoms with Crippen molar-refractivity contribution in [2.45, 2.75) is 18.4 Å². The number of rotatable bonds is 3. The molecule has 0 spiro atoms. The van der Waals surface area contributed by atoms with E-state index in [0.717, 1.165) is 13.1 Å². The molecule has 1 aliphatic rings. The van der Waals surface area contributed by atoms with Crippen molar-refractivity contribution >= 4 is 27.5 Å². The molecule has 116 valence electrons. The molecule has 1 fully saturated rings. The number of benzene rings is 1. The third kappa shape index (κ3) is 2.78. The standard InChI is InChI=1S/C15H16BrFN4O/c16-11-2-3-13(12(17)10-11)20-14(22)15(4-7-18-8-5-15)21-9-1-6-19-21/h1-3,6,9-10,18H,4-5,7-8H2,(H,20,22). The predicted molar refractivity (Wildman–Crippen MR) is 85.0 cm³/mol. The van der Waals surface area contributed by atoms with Crippen LogP contribution in [0, 0.1) is 5.82 Å². The van der Waals surface area contributed by atoms with Crippen LogP contribution in [0.5, 0.6) is 0 Å². The van der Waals surface area contributed by atoms with E-state index in [1.165, 1.54) is 6.07 Å². The van der Waals surface area contributed by atoms with Crippen LogP contribution in [0.2, 0.25) is 0 Å². The molecule has 2 heterocycles. The highest BCUT2D eigenvalue weighted by molar-refractivity contribution is 9.10. The van der Waals surface area contributed by atoms with Gasteiger partial charge in [0.05, 0.1) is 5.69 Å². The van der Waals surface area contributed by atoms with Crippen molar-refractivity contribution in [3.8, 4) is 0 Å². The normalized spacial score (nSPS) is 17.2. The maximum absolute atomic E-state index is 14.0. The summed E-state index contributed by atoms with van der Waals surface area (Å²) in [6.45, 7) is 1.44. The molecule has 3 rings (SSSR count). The Morgan fingerprint density at radius 3 is 2.82 bits per heavy atom. The fourth-order valence-electron chi connectivity index (χ4n) is 2.75. The molecule has 0 bridgehead atoms. The van der Waals surface area contributed by atoms with E-state index >= 15 is 0 Å². The molecule has 0 atom stereocenters. The molecule has 0 saturated carbocycles. The Morgan fingerprint density at radius 2 is 2.18 bits per heavy atom. The Hall–Kier alpha value is -1.73. The van der Waals surface area contributed by atoms with Gasteiger partial charge in [-0.3, -0.25) is 9.48 Å². The van der Waals surface area contributed by atoms with E-state index in [2.05, 4.69) is 31.7 Å². The Morgan fingerprint density at radius 1 is 1.41 bits per heavy atom. The number of aromatic nitrogens is 2. The molecule has 1 saturated heterocycles.